The molecule has 10 N–H and O–H groups in total. The quantitative estimate of drug-likeness (QED) is 0.122. The molecule has 2 aromatic carbocycles. The second-order valence-corrected chi connectivity index (χ2v) is 17.4. The van der Waals surface area contributed by atoms with Gasteiger partial charge in [0.05, 0.1) is 6.04 Å². The number of nitrogens with zero attached hydrogens (tertiary/aromatic N) is 3. The fraction of sp³-hybridized carbons (Fsp3) is 0.587. The zero-order chi connectivity index (χ0) is 44.1. The van der Waals surface area contributed by atoms with E-state index in [2.05, 4.69) is 26.3 Å². The molecule has 3 aliphatic heterocycles. The number of fused-ring (bicyclic) bond motifs is 2. The first-order chi connectivity index (χ1) is 30.0. The van der Waals surface area contributed by atoms with Crippen molar-refractivity contribution in [3.05, 3.63) is 60.2 Å². The van der Waals surface area contributed by atoms with Gasteiger partial charge < -0.3 is 48.3 Å². The molecule has 1 aliphatic carbocycles. The Morgan fingerprint density at radius 3 is 2.00 bits per heavy atom. The number of hydrogen-bond acceptors (Lipinski definition) is 8. The molecule has 1 saturated carbocycles. The van der Waals surface area contributed by atoms with Crippen LogP contribution in [-0.2, 0) is 35.2 Å². The number of nitrogens with two attached hydrogens (primary N) is 3. The number of hydrogen-bond donors (Lipinski definition) is 7. The average molecular weight is 855 g/mol. The van der Waals surface area contributed by atoms with Crippen LogP contribution in [0.25, 0.3) is 11.1 Å². The van der Waals surface area contributed by atoms with Crippen LogP contribution in [-0.4, -0.2) is 113 Å². The van der Waals surface area contributed by atoms with Gasteiger partial charge in [0.1, 0.15) is 29.7 Å². The van der Waals surface area contributed by atoms with Crippen LogP contribution < -0.4 is 38.5 Å². The minimum Gasteiger partial charge on any atom is -0.370 e. The van der Waals surface area contributed by atoms with Gasteiger partial charge in [0, 0.05) is 32.6 Å². The molecule has 4 aliphatic rings. The summed E-state index contributed by atoms with van der Waals surface area (Å²) in [5.74, 6) is -2.43. The van der Waals surface area contributed by atoms with Gasteiger partial charge in [-0.3, -0.25) is 33.8 Å². The largest absolute Gasteiger partial charge is 0.370 e. The van der Waals surface area contributed by atoms with Gasteiger partial charge in [0.2, 0.25) is 35.4 Å². The van der Waals surface area contributed by atoms with Gasteiger partial charge in [-0.2, -0.15) is 0 Å². The van der Waals surface area contributed by atoms with Crippen molar-refractivity contribution >= 4 is 41.4 Å². The molecular formula is C46H66N10O6. The summed E-state index contributed by atoms with van der Waals surface area (Å²) in [4.78, 5) is 91.7. The predicted molar refractivity (Wildman–Crippen MR) is 237 cm³/mol. The van der Waals surface area contributed by atoms with E-state index in [4.69, 9.17) is 17.2 Å². The van der Waals surface area contributed by atoms with Crippen molar-refractivity contribution in [1.82, 2.24) is 31.1 Å². The number of guanidine groups is 1. The molecule has 1 spiro atoms. The van der Waals surface area contributed by atoms with E-state index < -0.39 is 59.4 Å². The van der Waals surface area contributed by atoms with E-state index in [1.165, 1.54) is 4.90 Å². The molecule has 6 amide bonds. The van der Waals surface area contributed by atoms with Crippen LogP contribution in [0.2, 0.25) is 0 Å². The second-order valence-electron chi connectivity index (χ2n) is 17.4. The number of nitrogens with one attached hydrogen (secondary N) is 4. The van der Waals surface area contributed by atoms with Crippen LogP contribution in [0.5, 0.6) is 0 Å². The Hall–Kier alpha value is -5.51. The molecule has 6 rings (SSSR count). The summed E-state index contributed by atoms with van der Waals surface area (Å²) in [6.45, 7) is 1.41. The maximum Gasteiger partial charge on any atom is 0.246 e. The topological polar surface area (TPSA) is 247 Å². The molecule has 3 heterocycles. The number of benzene rings is 2. The summed E-state index contributed by atoms with van der Waals surface area (Å²) in [6, 6.07) is 13.4. The summed E-state index contributed by atoms with van der Waals surface area (Å²) in [5, 5.41) is 12.0. The van der Waals surface area contributed by atoms with Crippen molar-refractivity contribution in [3.8, 4) is 11.1 Å². The Bertz CT molecular complexity index is 1920. The molecule has 3 saturated heterocycles. The second kappa shape index (κ2) is 22.0. The third kappa shape index (κ3) is 11.9. The summed E-state index contributed by atoms with van der Waals surface area (Å²) in [6.07, 6.45) is 9.96. The molecule has 336 valence electrons. The van der Waals surface area contributed by atoms with Gasteiger partial charge in [0.25, 0.3) is 0 Å². The Morgan fingerprint density at radius 2 is 1.32 bits per heavy atom. The number of aliphatic imine (C=N–C) groups is 1. The fourth-order valence-corrected chi connectivity index (χ4v) is 9.20. The number of rotatable bonds is 7. The van der Waals surface area contributed by atoms with Gasteiger partial charge in [0.15, 0.2) is 5.96 Å². The van der Waals surface area contributed by atoms with Crippen LogP contribution >= 0.6 is 0 Å². The lowest BCUT2D eigenvalue weighted by Crippen LogP contribution is -2.67. The van der Waals surface area contributed by atoms with Crippen LogP contribution in [0, 0.1) is 0 Å². The normalized spacial score (nSPS) is 26.0. The minimum absolute atomic E-state index is 0.0819. The molecule has 16 nitrogen and oxygen atoms in total. The van der Waals surface area contributed by atoms with Crippen LogP contribution in [0.1, 0.15) is 108 Å². The highest BCUT2D eigenvalue weighted by Gasteiger charge is 2.49. The van der Waals surface area contributed by atoms with Crippen molar-refractivity contribution in [1.29, 1.82) is 0 Å². The average Bonchev–Trinajstić information content (AvgIpc) is 3.96. The van der Waals surface area contributed by atoms with Crippen molar-refractivity contribution in [3.63, 3.8) is 0 Å². The maximum absolute atomic E-state index is 14.6. The van der Waals surface area contributed by atoms with Crippen molar-refractivity contribution in [2.24, 2.45) is 22.2 Å². The van der Waals surface area contributed by atoms with Gasteiger partial charge in [-0.05, 0) is 87.3 Å². The Labute approximate surface area is 364 Å². The lowest BCUT2D eigenvalue weighted by Gasteiger charge is -2.43. The minimum atomic E-state index is -1.29. The van der Waals surface area contributed by atoms with E-state index in [9.17, 15) is 28.8 Å². The van der Waals surface area contributed by atoms with E-state index in [-0.39, 0.29) is 37.2 Å². The number of carbonyl (C=O) groups excluding carboxylic acids is 6. The molecule has 4 fully saturated rings. The van der Waals surface area contributed by atoms with Crippen LogP contribution in [0.3, 0.4) is 0 Å². The Morgan fingerprint density at radius 1 is 0.677 bits per heavy atom. The van der Waals surface area contributed by atoms with E-state index >= 15 is 0 Å². The SMILES string of the molecule is NC(N)=NCCC[C@@H]1NC(=O)C2(CCC2)NC(=O)[C@@H]2CCCN2C(=O)[C@H](Cc2cccc(-c3ccccc3)c2)NC(=O)[C@@H](N)CCCCCCCCNC(=O)[C@@H]2CCCN2C1=O. The fourth-order valence-electron chi connectivity index (χ4n) is 9.20. The van der Waals surface area contributed by atoms with Gasteiger partial charge in [-0.25, -0.2) is 0 Å². The smallest absolute Gasteiger partial charge is 0.246 e. The predicted octanol–water partition coefficient (Wildman–Crippen LogP) is 2.13. The maximum atomic E-state index is 14.6. The molecule has 0 radical (unpaired) electrons. The summed E-state index contributed by atoms with van der Waals surface area (Å²) in [7, 11) is 0. The van der Waals surface area contributed by atoms with Crippen molar-refractivity contribution in [2.45, 2.75) is 145 Å². The molecular weight excluding hydrogens is 789 g/mol. The van der Waals surface area contributed by atoms with Crippen molar-refractivity contribution < 1.29 is 28.8 Å². The van der Waals surface area contributed by atoms with E-state index in [0.29, 0.717) is 77.4 Å². The monoisotopic (exact) mass is 855 g/mol. The molecule has 0 bridgehead atoms. The molecule has 0 aromatic heterocycles. The molecule has 5 atom stereocenters. The lowest BCUT2D eigenvalue weighted by atomic mass is 9.75. The third-order valence-corrected chi connectivity index (χ3v) is 12.9. The van der Waals surface area contributed by atoms with Crippen LogP contribution in [0.4, 0.5) is 0 Å². The van der Waals surface area contributed by atoms with E-state index in [1.807, 2.05) is 54.6 Å². The summed E-state index contributed by atoms with van der Waals surface area (Å²) in [5.41, 5.74) is 19.1. The molecule has 62 heavy (non-hydrogen) atoms. The van der Waals surface area contributed by atoms with Gasteiger partial charge in [-0.1, -0.05) is 86.7 Å². The number of carbonyl (C=O) groups is 6. The third-order valence-electron chi connectivity index (χ3n) is 12.9. The zero-order valence-corrected chi connectivity index (χ0v) is 36.0. The van der Waals surface area contributed by atoms with E-state index in [1.54, 1.807) is 4.90 Å². The Balaban J connectivity index is 1.24. The summed E-state index contributed by atoms with van der Waals surface area (Å²) < 4.78 is 0. The van der Waals surface area contributed by atoms with E-state index in [0.717, 1.165) is 55.2 Å². The highest BCUT2D eigenvalue weighted by molar-refractivity contribution is 5.99. The first kappa shape index (κ1) is 46.0. The first-order valence-electron chi connectivity index (χ1n) is 22.7. The van der Waals surface area contributed by atoms with Gasteiger partial charge in [-0.15, -0.1) is 0 Å². The zero-order valence-electron chi connectivity index (χ0n) is 36.0. The summed E-state index contributed by atoms with van der Waals surface area (Å²) >= 11 is 0. The highest BCUT2D eigenvalue weighted by atomic mass is 16.2. The highest BCUT2D eigenvalue weighted by Crippen LogP contribution is 2.34. The first-order valence-corrected chi connectivity index (χ1v) is 22.7. The van der Waals surface area contributed by atoms with Crippen LogP contribution in [0.15, 0.2) is 59.6 Å². The molecule has 0 unspecified atom stereocenters. The molecule has 2 aromatic rings. The van der Waals surface area contributed by atoms with Gasteiger partial charge >= 0.3 is 0 Å². The Kier molecular flexibility index (Phi) is 16.3. The molecule has 16 heteroatoms. The van der Waals surface area contributed by atoms with Crippen molar-refractivity contribution in [2.75, 3.05) is 26.2 Å². The number of amides is 6. The standard InChI is InChI=1S/C46H66N10O6/c47-34-19-8-3-1-2-4-9-25-50-40(58)37-21-12-27-55(37)42(60)35(20-11-26-51-45(48)49)53-44(62)46(23-14-24-46)54-41(59)38-22-13-28-56(38)43(61)36(52-39(34)57)30-31-15-10-18-33(29-31)32-16-6-5-7-17-32/h5-7,10,15-18,29,34-38H,1-4,8-9,11-14,19-28,30,47H2,(H,50,58)(H,52,57)(H,53,62)(H,54,59)(H4,48,49,51)/t34-,35-,36-,37-,38-/m0/s1. The lowest BCUT2D eigenvalue weighted by molar-refractivity contribution is -0.146.